The fourth-order valence-corrected chi connectivity index (χ4v) is 5.50. The van der Waals surface area contributed by atoms with E-state index in [1.165, 1.54) is 7.05 Å². The van der Waals surface area contributed by atoms with Gasteiger partial charge in [0, 0.05) is 29.6 Å². The number of carboxylic acid groups (broad SMARTS) is 1. The molecule has 0 saturated heterocycles. The monoisotopic (exact) mass is 540 g/mol. The Kier molecular flexibility index (Phi) is 7.86. The molecule has 2 aliphatic rings. The van der Waals surface area contributed by atoms with Gasteiger partial charge in [-0.05, 0) is 49.1 Å². The molecule has 1 heterocycles. The van der Waals surface area contributed by atoms with Crippen molar-refractivity contribution in [3.63, 3.8) is 0 Å². The van der Waals surface area contributed by atoms with Crippen molar-refractivity contribution in [2.75, 3.05) is 25.5 Å². The first kappa shape index (κ1) is 27.3. The molecular weight excluding hydrogens is 508 g/mol. The number of amides is 5. The molecule has 202 valence electrons. The maximum absolute atomic E-state index is 13.5. The molecule has 2 aromatic carbocycles. The van der Waals surface area contributed by atoms with Gasteiger partial charge in [0.2, 0.25) is 11.8 Å². The van der Waals surface area contributed by atoms with Crippen molar-refractivity contribution in [3.05, 3.63) is 59.2 Å². The molecule has 0 spiro atoms. The molecule has 10 nitrogen and oxygen atoms in total. The average Bonchev–Trinajstić information content (AvgIpc) is 3.14. The predicted octanol–water partition coefficient (Wildman–Crippen LogP) is 3.46. The Morgan fingerprint density at radius 3 is 2.66 bits per heavy atom. The second kappa shape index (κ2) is 10.9. The highest BCUT2D eigenvalue weighted by Gasteiger charge is 2.46. The molecule has 38 heavy (non-hydrogen) atoms. The fraction of sp³-hybridized carbons (Fsp3) is 0.407. The SMILES string of the molecule is CNC(=O)Nc1ccc2c(c1)CC[C@@]2(S)[C@H](C)C(=O)N(CC(=O)N1Cc2ccccc2OC[C@H]1C)C(=O)O. The molecule has 0 fully saturated rings. The first-order valence-electron chi connectivity index (χ1n) is 12.4. The summed E-state index contributed by atoms with van der Waals surface area (Å²) in [6.45, 7) is 3.37. The summed E-state index contributed by atoms with van der Waals surface area (Å²) in [5.74, 6) is -1.33. The number of hydrogen-bond acceptors (Lipinski definition) is 6. The van der Waals surface area contributed by atoms with Gasteiger partial charge in [-0.25, -0.2) is 14.5 Å². The Bertz CT molecular complexity index is 1270. The lowest BCUT2D eigenvalue weighted by atomic mass is 9.86. The Hall–Kier alpha value is -3.73. The van der Waals surface area contributed by atoms with Crippen LogP contribution in [0.25, 0.3) is 0 Å². The van der Waals surface area contributed by atoms with Gasteiger partial charge in [-0.15, -0.1) is 0 Å². The minimum Gasteiger partial charge on any atom is -0.491 e. The summed E-state index contributed by atoms with van der Waals surface area (Å²) >= 11 is 4.88. The van der Waals surface area contributed by atoms with Crippen molar-refractivity contribution in [1.29, 1.82) is 0 Å². The van der Waals surface area contributed by atoms with E-state index in [0.717, 1.165) is 16.7 Å². The highest BCUT2D eigenvalue weighted by atomic mass is 32.1. The van der Waals surface area contributed by atoms with Crippen molar-refractivity contribution in [2.24, 2.45) is 5.92 Å². The van der Waals surface area contributed by atoms with Crippen LogP contribution < -0.4 is 15.4 Å². The lowest BCUT2D eigenvalue weighted by Gasteiger charge is -2.34. The number of carbonyl (C=O) groups is 4. The summed E-state index contributed by atoms with van der Waals surface area (Å²) < 4.78 is 4.87. The van der Waals surface area contributed by atoms with Gasteiger partial charge in [0.15, 0.2) is 0 Å². The normalized spacial score (nSPS) is 20.7. The number of rotatable bonds is 5. The van der Waals surface area contributed by atoms with E-state index in [0.29, 0.717) is 29.2 Å². The molecule has 0 radical (unpaired) electrons. The number of hydrogen-bond donors (Lipinski definition) is 4. The standard InChI is InChI=1S/C27H32N4O6S/c1-16-15-37-22-7-5-4-6-19(22)13-30(16)23(32)14-31(26(35)36)24(33)17(2)27(38)11-10-18-12-20(8-9-21(18)27)29-25(34)28-3/h4-9,12,16-17,38H,10-11,13-15H2,1-3H3,(H,35,36)(H2,28,29,34)/t16-,17-,27-/m1/s1. The zero-order valence-electron chi connectivity index (χ0n) is 21.6. The van der Waals surface area contributed by atoms with Crippen LogP contribution in [0.5, 0.6) is 5.75 Å². The number of ether oxygens (including phenoxy) is 1. The third kappa shape index (κ3) is 5.28. The number of carbonyl (C=O) groups excluding carboxylic acids is 3. The quantitative estimate of drug-likeness (QED) is 0.430. The minimum absolute atomic E-state index is 0.254. The van der Waals surface area contributed by atoms with Crippen molar-refractivity contribution in [3.8, 4) is 5.75 Å². The zero-order chi connectivity index (χ0) is 27.6. The molecule has 3 N–H and O–H groups in total. The van der Waals surface area contributed by atoms with Gasteiger partial charge in [0.1, 0.15) is 18.9 Å². The number of fused-ring (bicyclic) bond motifs is 2. The molecule has 2 aromatic rings. The van der Waals surface area contributed by atoms with E-state index in [4.69, 9.17) is 17.4 Å². The number of thiol groups is 1. The predicted molar refractivity (Wildman–Crippen MR) is 144 cm³/mol. The van der Waals surface area contributed by atoms with Crippen LogP contribution in [0.15, 0.2) is 42.5 Å². The fourth-order valence-electron chi connectivity index (χ4n) is 5.06. The molecule has 0 bridgehead atoms. The van der Waals surface area contributed by atoms with Crippen LogP contribution in [0.3, 0.4) is 0 Å². The van der Waals surface area contributed by atoms with Gasteiger partial charge in [0.05, 0.1) is 12.0 Å². The second-order valence-corrected chi connectivity index (χ2v) is 10.5. The Morgan fingerprint density at radius 2 is 1.95 bits per heavy atom. The van der Waals surface area contributed by atoms with Crippen LogP contribution in [-0.4, -0.2) is 65.1 Å². The van der Waals surface area contributed by atoms with Crippen LogP contribution in [0.1, 0.15) is 37.0 Å². The number of nitrogens with zero attached hydrogens (tertiary/aromatic N) is 2. The molecule has 3 atom stereocenters. The van der Waals surface area contributed by atoms with Gasteiger partial charge >= 0.3 is 12.1 Å². The lowest BCUT2D eigenvalue weighted by molar-refractivity contribution is -0.143. The molecule has 1 aliphatic heterocycles. The van der Waals surface area contributed by atoms with Gasteiger partial charge in [0.25, 0.3) is 0 Å². The molecule has 11 heteroatoms. The van der Waals surface area contributed by atoms with Crippen LogP contribution in [-0.2, 0) is 27.3 Å². The molecule has 1 aliphatic carbocycles. The first-order chi connectivity index (χ1) is 18.0. The molecule has 0 aromatic heterocycles. The van der Waals surface area contributed by atoms with Crippen molar-refractivity contribution in [2.45, 2.75) is 44.0 Å². The highest BCUT2D eigenvalue weighted by molar-refractivity contribution is 7.81. The van der Waals surface area contributed by atoms with Crippen LogP contribution >= 0.6 is 12.6 Å². The van der Waals surface area contributed by atoms with E-state index in [2.05, 4.69) is 10.6 Å². The van der Waals surface area contributed by atoms with E-state index < -0.39 is 35.1 Å². The van der Waals surface area contributed by atoms with Crippen molar-refractivity contribution >= 4 is 42.3 Å². The average molecular weight is 541 g/mol. The minimum atomic E-state index is -1.49. The van der Waals surface area contributed by atoms with Crippen LogP contribution in [0.2, 0.25) is 0 Å². The third-order valence-electron chi connectivity index (χ3n) is 7.35. The number of nitrogens with one attached hydrogen (secondary N) is 2. The van der Waals surface area contributed by atoms with E-state index in [9.17, 15) is 24.3 Å². The van der Waals surface area contributed by atoms with Gasteiger partial charge in [-0.3, -0.25) is 9.59 Å². The summed E-state index contributed by atoms with van der Waals surface area (Å²) in [5.41, 5.74) is 3.14. The van der Waals surface area contributed by atoms with E-state index in [-0.39, 0.29) is 25.2 Å². The van der Waals surface area contributed by atoms with Crippen molar-refractivity contribution < 1.29 is 29.0 Å². The van der Waals surface area contributed by atoms with E-state index in [1.807, 2.05) is 37.3 Å². The number of benzene rings is 2. The first-order valence-corrected chi connectivity index (χ1v) is 12.9. The summed E-state index contributed by atoms with van der Waals surface area (Å²) in [4.78, 5) is 52.8. The summed E-state index contributed by atoms with van der Waals surface area (Å²) in [6, 6.07) is 12.1. The van der Waals surface area contributed by atoms with E-state index in [1.54, 1.807) is 24.0 Å². The Balaban J connectivity index is 1.52. The summed E-state index contributed by atoms with van der Waals surface area (Å²) in [7, 11) is 1.52. The molecular formula is C27H32N4O6S. The Morgan fingerprint density at radius 1 is 1.21 bits per heavy atom. The topological polar surface area (TPSA) is 128 Å². The Labute approximate surface area is 226 Å². The van der Waals surface area contributed by atoms with E-state index >= 15 is 0 Å². The molecule has 0 unspecified atom stereocenters. The number of urea groups is 1. The number of imide groups is 1. The summed E-state index contributed by atoms with van der Waals surface area (Å²) in [5, 5.41) is 15.1. The number of para-hydroxylation sites is 1. The second-order valence-electron chi connectivity index (χ2n) is 9.72. The van der Waals surface area contributed by atoms with Gasteiger partial charge in [-0.2, -0.15) is 12.6 Å². The third-order valence-corrected chi connectivity index (χ3v) is 8.21. The highest BCUT2D eigenvalue weighted by Crippen LogP contribution is 2.48. The maximum atomic E-state index is 13.5. The zero-order valence-corrected chi connectivity index (χ0v) is 22.5. The maximum Gasteiger partial charge on any atom is 0.414 e. The smallest absolute Gasteiger partial charge is 0.414 e. The number of anilines is 1. The molecule has 0 saturated carbocycles. The van der Waals surface area contributed by atoms with Crippen LogP contribution in [0.4, 0.5) is 15.3 Å². The van der Waals surface area contributed by atoms with Crippen molar-refractivity contribution in [1.82, 2.24) is 15.1 Å². The van der Waals surface area contributed by atoms with Gasteiger partial charge < -0.3 is 25.4 Å². The largest absolute Gasteiger partial charge is 0.491 e. The molecule has 4 rings (SSSR count). The van der Waals surface area contributed by atoms with Crippen LogP contribution in [0, 0.1) is 5.92 Å². The summed E-state index contributed by atoms with van der Waals surface area (Å²) in [6.07, 6.45) is -0.383. The number of aryl methyl sites for hydroxylation is 1. The lowest BCUT2D eigenvalue weighted by Crippen LogP contribution is -2.51. The van der Waals surface area contributed by atoms with Gasteiger partial charge in [-0.1, -0.05) is 31.2 Å². The molecule has 5 amide bonds.